The molecule has 0 saturated carbocycles. The summed E-state index contributed by atoms with van der Waals surface area (Å²) in [5.41, 5.74) is 1.36. The van der Waals surface area contributed by atoms with Crippen molar-refractivity contribution >= 4 is 11.8 Å². The van der Waals surface area contributed by atoms with E-state index < -0.39 is 0 Å². The average Bonchev–Trinajstić information content (AvgIpc) is 2.72. The Bertz CT molecular complexity index is 305. The Morgan fingerprint density at radius 3 is 2.88 bits per heavy atom. The second-order valence-corrected chi connectivity index (χ2v) is 5.47. The molecule has 0 unspecified atom stereocenters. The van der Waals surface area contributed by atoms with E-state index in [4.69, 9.17) is 0 Å². The van der Waals surface area contributed by atoms with Gasteiger partial charge in [-0.3, -0.25) is 0 Å². The molecule has 90 valence electrons. The highest BCUT2D eigenvalue weighted by molar-refractivity contribution is 7.99. The van der Waals surface area contributed by atoms with Crippen molar-refractivity contribution in [3.05, 3.63) is 24.0 Å². The van der Waals surface area contributed by atoms with Crippen molar-refractivity contribution in [2.24, 2.45) is 7.05 Å². The predicted molar refractivity (Wildman–Crippen MR) is 70.9 cm³/mol. The molecule has 0 aromatic carbocycles. The molecule has 3 nitrogen and oxygen atoms in total. The number of hydrogen-bond acceptors (Lipinski definition) is 3. The van der Waals surface area contributed by atoms with E-state index in [0.29, 0.717) is 0 Å². The number of nitrogens with zero attached hydrogens (tertiary/aromatic N) is 2. The summed E-state index contributed by atoms with van der Waals surface area (Å²) >= 11 is 2.07. The van der Waals surface area contributed by atoms with Crippen LogP contribution in [0.1, 0.15) is 5.69 Å². The molecule has 1 N–H and O–H groups in total. The normalized spacial score (nSPS) is 17.8. The number of aryl methyl sites for hydroxylation is 1. The molecule has 1 aliphatic heterocycles. The fraction of sp³-hybridized carbons (Fsp3) is 0.667. The molecule has 0 amide bonds. The lowest BCUT2D eigenvalue weighted by Crippen LogP contribution is -2.37. The number of thioether (sulfide) groups is 1. The third-order valence-corrected chi connectivity index (χ3v) is 4.01. The molecule has 1 aliphatic rings. The lowest BCUT2D eigenvalue weighted by molar-refractivity contribution is 0.300. The first-order valence-corrected chi connectivity index (χ1v) is 7.13. The summed E-state index contributed by atoms with van der Waals surface area (Å²) < 4.78 is 2.17. The Morgan fingerprint density at radius 2 is 2.19 bits per heavy atom. The molecule has 2 rings (SSSR count). The lowest BCUT2D eigenvalue weighted by Gasteiger charge is -2.26. The molecule has 0 aliphatic carbocycles. The topological polar surface area (TPSA) is 20.2 Å². The van der Waals surface area contributed by atoms with Crippen molar-refractivity contribution in [3.8, 4) is 0 Å². The van der Waals surface area contributed by atoms with Crippen molar-refractivity contribution in [1.82, 2.24) is 14.8 Å². The van der Waals surface area contributed by atoms with Gasteiger partial charge in [0.2, 0.25) is 0 Å². The van der Waals surface area contributed by atoms with Crippen LogP contribution in [0.25, 0.3) is 0 Å². The maximum atomic E-state index is 3.51. The molecule has 0 radical (unpaired) electrons. The zero-order valence-corrected chi connectivity index (χ0v) is 10.8. The first kappa shape index (κ1) is 12.0. The molecule has 0 spiro atoms. The van der Waals surface area contributed by atoms with Gasteiger partial charge in [0.15, 0.2) is 0 Å². The van der Waals surface area contributed by atoms with Gasteiger partial charge in [-0.15, -0.1) is 0 Å². The van der Waals surface area contributed by atoms with E-state index in [9.17, 15) is 0 Å². The number of rotatable bonds is 5. The largest absolute Gasteiger partial charge is 0.353 e. The van der Waals surface area contributed by atoms with E-state index in [1.807, 2.05) is 0 Å². The van der Waals surface area contributed by atoms with Gasteiger partial charge in [-0.2, -0.15) is 11.8 Å². The van der Waals surface area contributed by atoms with Crippen LogP contribution in [0.2, 0.25) is 0 Å². The first-order chi connectivity index (χ1) is 7.86. The second-order valence-electron chi connectivity index (χ2n) is 4.24. The van der Waals surface area contributed by atoms with Crippen molar-refractivity contribution in [1.29, 1.82) is 0 Å². The minimum absolute atomic E-state index is 0.978. The maximum absolute atomic E-state index is 3.51. The van der Waals surface area contributed by atoms with E-state index in [1.165, 1.54) is 36.8 Å². The quantitative estimate of drug-likeness (QED) is 0.779. The summed E-state index contributed by atoms with van der Waals surface area (Å²) in [6.07, 6.45) is 2.10. The Kier molecular flexibility index (Phi) is 4.75. The van der Waals surface area contributed by atoms with Gasteiger partial charge in [-0.05, 0) is 12.1 Å². The van der Waals surface area contributed by atoms with Crippen LogP contribution in [0.15, 0.2) is 18.3 Å². The Morgan fingerprint density at radius 1 is 1.38 bits per heavy atom. The van der Waals surface area contributed by atoms with E-state index >= 15 is 0 Å². The highest BCUT2D eigenvalue weighted by Crippen LogP contribution is 2.08. The first-order valence-electron chi connectivity index (χ1n) is 5.97. The summed E-state index contributed by atoms with van der Waals surface area (Å²) in [4.78, 5) is 2.55. The van der Waals surface area contributed by atoms with Crippen molar-refractivity contribution in [2.75, 3.05) is 37.7 Å². The van der Waals surface area contributed by atoms with Crippen LogP contribution in [-0.4, -0.2) is 47.2 Å². The SMILES string of the molecule is Cn1cccc1CNCCN1CCSCC1. The summed E-state index contributed by atoms with van der Waals surface area (Å²) in [6, 6.07) is 4.27. The summed E-state index contributed by atoms with van der Waals surface area (Å²) in [5.74, 6) is 2.61. The Hall–Kier alpha value is -0.450. The third-order valence-electron chi connectivity index (χ3n) is 3.07. The van der Waals surface area contributed by atoms with E-state index in [1.54, 1.807) is 0 Å². The molecule has 16 heavy (non-hydrogen) atoms. The minimum Gasteiger partial charge on any atom is -0.353 e. The molecule has 0 atom stereocenters. The molecule has 1 saturated heterocycles. The van der Waals surface area contributed by atoms with Crippen LogP contribution in [0.3, 0.4) is 0 Å². The van der Waals surface area contributed by atoms with Crippen LogP contribution in [-0.2, 0) is 13.6 Å². The molecular weight excluding hydrogens is 218 g/mol. The third kappa shape index (κ3) is 3.54. The van der Waals surface area contributed by atoms with Gasteiger partial charge in [0.1, 0.15) is 0 Å². The molecule has 1 aromatic rings. The highest BCUT2D eigenvalue weighted by atomic mass is 32.2. The monoisotopic (exact) mass is 239 g/mol. The molecular formula is C12H21N3S. The van der Waals surface area contributed by atoms with Gasteiger partial charge in [0, 0.05) is 63.2 Å². The Labute approximate surface area is 102 Å². The predicted octanol–water partition coefficient (Wildman–Crippen LogP) is 1.16. The number of nitrogens with one attached hydrogen (secondary N) is 1. The lowest BCUT2D eigenvalue weighted by atomic mass is 10.4. The average molecular weight is 239 g/mol. The van der Waals surface area contributed by atoms with Crippen LogP contribution in [0.4, 0.5) is 0 Å². The van der Waals surface area contributed by atoms with Gasteiger partial charge >= 0.3 is 0 Å². The fourth-order valence-electron chi connectivity index (χ4n) is 1.96. The van der Waals surface area contributed by atoms with E-state index in [-0.39, 0.29) is 0 Å². The molecule has 1 fully saturated rings. The van der Waals surface area contributed by atoms with Crippen LogP contribution in [0, 0.1) is 0 Å². The summed E-state index contributed by atoms with van der Waals surface area (Å²) in [6.45, 7) is 5.78. The van der Waals surface area contributed by atoms with Crippen LogP contribution in [0.5, 0.6) is 0 Å². The van der Waals surface area contributed by atoms with Gasteiger partial charge in [0.05, 0.1) is 0 Å². The van der Waals surface area contributed by atoms with Crippen LogP contribution < -0.4 is 5.32 Å². The van der Waals surface area contributed by atoms with Crippen LogP contribution >= 0.6 is 11.8 Å². The van der Waals surface area contributed by atoms with Crippen molar-refractivity contribution in [3.63, 3.8) is 0 Å². The highest BCUT2D eigenvalue weighted by Gasteiger charge is 2.08. The van der Waals surface area contributed by atoms with Crippen molar-refractivity contribution in [2.45, 2.75) is 6.54 Å². The number of hydrogen-bond donors (Lipinski definition) is 1. The fourth-order valence-corrected chi connectivity index (χ4v) is 2.94. The zero-order valence-electron chi connectivity index (χ0n) is 9.98. The van der Waals surface area contributed by atoms with E-state index in [0.717, 1.165) is 13.1 Å². The number of aromatic nitrogens is 1. The molecule has 1 aromatic heterocycles. The molecule has 0 bridgehead atoms. The standard InChI is InChI=1S/C12H21N3S/c1-14-5-2-3-12(14)11-13-4-6-15-7-9-16-10-8-15/h2-3,5,13H,4,6-11H2,1H3. The smallest absolute Gasteiger partial charge is 0.0359 e. The van der Waals surface area contributed by atoms with Gasteiger partial charge < -0.3 is 14.8 Å². The molecule has 2 heterocycles. The van der Waals surface area contributed by atoms with E-state index in [2.05, 4.69) is 51.9 Å². The minimum atomic E-state index is 0.978. The van der Waals surface area contributed by atoms with Gasteiger partial charge in [-0.1, -0.05) is 0 Å². The maximum Gasteiger partial charge on any atom is 0.0359 e. The molecule has 4 heteroatoms. The summed E-state index contributed by atoms with van der Waals surface area (Å²) in [7, 11) is 2.10. The zero-order chi connectivity index (χ0) is 11.2. The second kappa shape index (κ2) is 6.33. The summed E-state index contributed by atoms with van der Waals surface area (Å²) in [5, 5.41) is 3.51. The Balaban J connectivity index is 1.59. The van der Waals surface area contributed by atoms with Gasteiger partial charge in [0.25, 0.3) is 0 Å². The van der Waals surface area contributed by atoms with Gasteiger partial charge in [-0.25, -0.2) is 0 Å². The van der Waals surface area contributed by atoms with Crippen molar-refractivity contribution < 1.29 is 0 Å².